The van der Waals surface area contributed by atoms with Crippen LogP contribution in [0.3, 0.4) is 0 Å². The van der Waals surface area contributed by atoms with Gasteiger partial charge in [-0.1, -0.05) is 6.08 Å². The number of hydrogen-bond acceptors (Lipinski definition) is 3. The van der Waals surface area contributed by atoms with E-state index >= 15 is 0 Å². The smallest absolute Gasteiger partial charge is 0.333 e. The zero-order valence-electron chi connectivity index (χ0n) is 8.62. The van der Waals surface area contributed by atoms with E-state index in [0.717, 1.165) is 25.9 Å². The first-order valence-electron chi connectivity index (χ1n) is 5.01. The van der Waals surface area contributed by atoms with Crippen molar-refractivity contribution >= 4 is 5.97 Å². The predicted octanol–water partition coefficient (Wildman–Crippen LogP) is 1.88. The number of carbonyl (C=O) groups excluding carboxylic acids is 1. The van der Waals surface area contributed by atoms with Gasteiger partial charge in [0, 0.05) is 12.2 Å². The largest absolute Gasteiger partial charge is 0.460 e. The molecule has 1 aliphatic rings. The Morgan fingerprint density at radius 2 is 2.43 bits per heavy atom. The SMILES string of the molecule is [CH2]/C(=C\C)C(=O)OCC1CCCCO1. The molecule has 1 atom stereocenters. The average Bonchev–Trinajstić information content (AvgIpc) is 2.26. The molecule has 1 fully saturated rings. The fourth-order valence-electron chi connectivity index (χ4n) is 1.32. The second kappa shape index (κ2) is 5.81. The lowest BCUT2D eigenvalue weighted by Gasteiger charge is -2.22. The minimum absolute atomic E-state index is 0.0809. The molecule has 1 saturated heterocycles. The van der Waals surface area contributed by atoms with Gasteiger partial charge in [-0.2, -0.15) is 0 Å². The number of ether oxygens (including phenoxy) is 2. The molecular formula is C11H17O3. The molecule has 1 unspecified atom stereocenters. The first-order valence-corrected chi connectivity index (χ1v) is 5.01. The molecule has 0 aliphatic carbocycles. The van der Waals surface area contributed by atoms with Crippen molar-refractivity contribution in [2.45, 2.75) is 32.3 Å². The van der Waals surface area contributed by atoms with Crippen molar-refractivity contribution in [3.63, 3.8) is 0 Å². The lowest BCUT2D eigenvalue weighted by atomic mass is 10.1. The fraction of sp³-hybridized carbons (Fsp3) is 0.636. The molecule has 3 heteroatoms. The van der Waals surface area contributed by atoms with Crippen LogP contribution >= 0.6 is 0 Å². The van der Waals surface area contributed by atoms with Gasteiger partial charge in [-0.05, 0) is 33.1 Å². The molecule has 0 spiro atoms. The predicted molar refractivity (Wildman–Crippen MR) is 53.7 cm³/mol. The van der Waals surface area contributed by atoms with E-state index in [1.807, 2.05) is 0 Å². The zero-order valence-corrected chi connectivity index (χ0v) is 8.62. The Labute approximate surface area is 85.1 Å². The Bertz CT molecular complexity index is 215. The Morgan fingerprint density at radius 3 is 3.00 bits per heavy atom. The first kappa shape index (κ1) is 11.2. The minimum atomic E-state index is -0.346. The van der Waals surface area contributed by atoms with Gasteiger partial charge in [-0.15, -0.1) is 0 Å². The maximum Gasteiger partial charge on any atom is 0.333 e. The van der Waals surface area contributed by atoms with Crippen LogP contribution in [0.15, 0.2) is 11.6 Å². The first-order chi connectivity index (χ1) is 6.74. The lowest BCUT2D eigenvalue weighted by molar-refractivity contribution is -0.144. The highest BCUT2D eigenvalue weighted by molar-refractivity contribution is 5.89. The molecule has 1 aliphatic heterocycles. The molecule has 3 nitrogen and oxygen atoms in total. The summed E-state index contributed by atoms with van der Waals surface area (Å²) in [7, 11) is 0. The molecule has 14 heavy (non-hydrogen) atoms. The van der Waals surface area contributed by atoms with Gasteiger partial charge in [0.05, 0.1) is 6.10 Å². The van der Waals surface area contributed by atoms with E-state index in [4.69, 9.17) is 9.47 Å². The molecule has 79 valence electrons. The molecule has 1 rings (SSSR count). The van der Waals surface area contributed by atoms with Gasteiger partial charge >= 0.3 is 5.97 Å². The van der Waals surface area contributed by atoms with Crippen LogP contribution in [0.1, 0.15) is 26.2 Å². The fourth-order valence-corrected chi connectivity index (χ4v) is 1.32. The molecule has 1 heterocycles. The highest BCUT2D eigenvalue weighted by atomic mass is 16.6. The van der Waals surface area contributed by atoms with Crippen LogP contribution in [0.25, 0.3) is 0 Å². The van der Waals surface area contributed by atoms with E-state index in [9.17, 15) is 4.79 Å². The van der Waals surface area contributed by atoms with Gasteiger partial charge < -0.3 is 9.47 Å². The summed E-state index contributed by atoms with van der Waals surface area (Å²) < 4.78 is 10.5. The number of carbonyl (C=O) groups is 1. The van der Waals surface area contributed by atoms with E-state index in [1.54, 1.807) is 13.0 Å². The molecule has 0 saturated carbocycles. The normalized spacial score (nSPS) is 23.3. The second-order valence-corrected chi connectivity index (χ2v) is 3.40. The highest BCUT2D eigenvalue weighted by Crippen LogP contribution is 2.13. The van der Waals surface area contributed by atoms with Crippen LogP contribution in [0.4, 0.5) is 0 Å². The van der Waals surface area contributed by atoms with E-state index < -0.39 is 0 Å². The maximum atomic E-state index is 11.2. The number of hydrogen-bond donors (Lipinski definition) is 0. The molecule has 1 radical (unpaired) electrons. The number of allylic oxidation sites excluding steroid dienone is 1. The van der Waals surface area contributed by atoms with Crippen molar-refractivity contribution in [1.29, 1.82) is 0 Å². The third-order valence-electron chi connectivity index (χ3n) is 2.28. The van der Waals surface area contributed by atoms with Crippen LogP contribution in [-0.2, 0) is 14.3 Å². The van der Waals surface area contributed by atoms with Crippen LogP contribution in [0.5, 0.6) is 0 Å². The standard InChI is InChI=1S/C11H17O3/c1-3-9(2)11(12)14-8-10-6-4-5-7-13-10/h3,10H,2,4-8H2,1H3/b9-3+. The molecule has 0 aromatic rings. The van der Waals surface area contributed by atoms with E-state index in [2.05, 4.69) is 6.92 Å². The average molecular weight is 197 g/mol. The van der Waals surface area contributed by atoms with Gasteiger partial charge in [0.25, 0.3) is 0 Å². The van der Waals surface area contributed by atoms with Crippen LogP contribution < -0.4 is 0 Å². The summed E-state index contributed by atoms with van der Waals surface area (Å²) in [5.74, 6) is -0.346. The molecule has 0 aromatic heterocycles. The minimum Gasteiger partial charge on any atom is -0.460 e. The van der Waals surface area contributed by atoms with E-state index in [0.29, 0.717) is 12.2 Å². The van der Waals surface area contributed by atoms with Gasteiger partial charge in [0.2, 0.25) is 0 Å². The summed E-state index contributed by atoms with van der Waals surface area (Å²) in [5, 5.41) is 0. The Kier molecular flexibility index (Phi) is 4.66. The molecule has 0 bridgehead atoms. The topological polar surface area (TPSA) is 35.5 Å². The zero-order chi connectivity index (χ0) is 10.4. The maximum absolute atomic E-state index is 11.2. The van der Waals surface area contributed by atoms with Gasteiger partial charge in [-0.25, -0.2) is 4.79 Å². The third kappa shape index (κ3) is 3.50. The van der Waals surface area contributed by atoms with E-state index in [1.165, 1.54) is 0 Å². The highest BCUT2D eigenvalue weighted by Gasteiger charge is 2.16. The Hall–Kier alpha value is -0.830. The summed E-state index contributed by atoms with van der Waals surface area (Å²) in [5.41, 5.74) is 0.404. The third-order valence-corrected chi connectivity index (χ3v) is 2.28. The van der Waals surface area contributed by atoms with Crippen molar-refractivity contribution in [1.82, 2.24) is 0 Å². The number of esters is 1. The molecular weight excluding hydrogens is 180 g/mol. The van der Waals surface area contributed by atoms with E-state index in [-0.39, 0.29) is 12.1 Å². The van der Waals surface area contributed by atoms with Crippen molar-refractivity contribution in [3.05, 3.63) is 18.6 Å². The quantitative estimate of drug-likeness (QED) is 0.512. The van der Waals surface area contributed by atoms with Crippen molar-refractivity contribution < 1.29 is 14.3 Å². The van der Waals surface area contributed by atoms with Crippen molar-refractivity contribution in [3.8, 4) is 0 Å². The van der Waals surface area contributed by atoms with Crippen molar-refractivity contribution in [2.24, 2.45) is 0 Å². The summed E-state index contributed by atoms with van der Waals surface area (Å²) in [6.07, 6.45) is 4.97. The Morgan fingerprint density at radius 1 is 1.64 bits per heavy atom. The molecule has 0 amide bonds. The summed E-state index contributed by atoms with van der Waals surface area (Å²) in [6, 6.07) is 0. The van der Waals surface area contributed by atoms with Crippen LogP contribution in [-0.4, -0.2) is 25.3 Å². The summed E-state index contributed by atoms with van der Waals surface area (Å²) in [4.78, 5) is 11.2. The molecule has 0 N–H and O–H groups in total. The number of rotatable bonds is 3. The monoisotopic (exact) mass is 197 g/mol. The lowest BCUT2D eigenvalue weighted by Crippen LogP contribution is -2.26. The van der Waals surface area contributed by atoms with Gasteiger partial charge in [0.15, 0.2) is 0 Å². The molecule has 0 aromatic carbocycles. The van der Waals surface area contributed by atoms with Crippen LogP contribution in [0, 0.1) is 6.92 Å². The van der Waals surface area contributed by atoms with Crippen molar-refractivity contribution in [2.75, 3.05) is 13.2 Å². The Balaban J connectivity index is 2.22. The van der Waals surface area contributed by atoms with Gasteiger partial charge in [0.1, 0.15) is 6.61 Å². The van der Waals surface area contributed by atoms with Gasteiger partial charge in [-0.3, -0.25) is 0 Å². The van der Waals surface area contributed by atoms with Crippen LogP contribution in [0.2, 0.25) is 0 Å². The second-order valence-electron chi connectivity index (χ2n) is 3.40. The summed E-state index contributed by atoms with van der Waals surface area (Å²) in [6.45, 7) is 6.46. The summed E-state index contributed by atoms with van der Waals surface area (Å²) >= 11 is 0.